The molecular formula is C15H19F3N2O2. The van der Waals surface area contributed by atoms with Crippen LogP contribution >= 0.6 is 0 Å². The predicted molar refractivity (Wildman–Crippen MR) is 78.0 cm³/mol. The Morgan fingerprint density at radius 2 is 1.77 bits per heavy atom. The molecule has 122 valence electrons. The summed E-state index contributed by atoms with van der Waals surface area (Å²) in [6, 6.07) is 1.64. The van der Waals surface area contributed by atoms with Crippen LogP contribution in [0.25, 0.3) is 0 Å². The van der Waals surface area contributed by atoms with Crippen LogP contribution in [0, 0.1) is 28.9 Å². The number of anilines is 1. The minimum absolute atomic E-state index is 0.294. The third-order valence-corrected chi connectivity index (χ3v) is 3.99. The highest BCUT2D eigenvalue weighted by Crippen LogP contribution is 2.40. The average molecular weight is 316 g/mol. The highest BCUT2D eigenvalue weighted by atomic mass is 19.4. The molecule has 0 saturated carbocycles. The molecule has 1 aliphatic rings. The predicted octanol–water partition coefficient (Wildman–Crippen LogP) is 4.40. The van der Waals surface area contributed by atoms with Gasteiger partial charge in [-0.1, -0.05) is 13.8 Å². The van der Waals surface area contributed by atoms with Crippen molar-refractivity contribution >= 4 is 11.4 Å². The van der Waals surface area contributed by atoms with Crippen molar-refractivity contribution in [2.75, 3.05) is 18.0 Å². The lowest BCUT2D eigenvalue weighted by Crippen LogP contribution is -2.39. The molecule has 22 heavy (non-hydrogen) atoms. The quantitative estimate of drug-likeness (QED) is 0.600. The molecule has 0 amide bonds. The van der Waals surface area contributed by atoms with Gasteiger partial charge in [0.05, 0.1) is 10.5 Å². The Labute approximate surface area is 127 Å². The van der Waals surface area contributed by atoms with Crippen LogP contribution in [-0.2, 0) is 6.18 Å². The number of piperidine rings is 1. The Balaban J connectivity index is 2.53. The number of halogens is 3. The summed E-state index contributed by atoms with van der Waals surface area (Å²) < 4.78 is 38.6. The Morgan fingerprint density at radius 1 is 1.23 bits per heavy atom. The zero-order valence-electron chi connectivity index (χ0n) is 12.8. The average Bonchev–Trinajstić information content (AvgIpc) is 2.35. The number of nitrogens with zero attached hydrogens (tertiary/aromatic N) is 2. The van der Waals surface area contributed by atoms with Gasteiger partial charge in [-0.2, -0.15) is 13.2 Å². The highest BCUT2D eigenvalue weighted by molar-refractivity contribution is 5.69. The second-order valence-corrected chi connectivity index (χ2v) is 6.27. The number of hydrogen-bond donors (Lipinski definition) is 0. The summed E-state index contributed by atoms with van der Waals surface area (Å²) in [4.78, 5) is 12.4. The van der Waals surface area contributed by atoms with E-state index in [2.05, 4.69) is 0 Å². The van der Waals surface area contributed by atoms with E-state index < -0.39 is 22.4 Å². The third-order valence-electron chi connectivity index (χ3n) is 3.99. The third kappa shape index (κ3) is 3.34. The number of alkyl halides is 3. The molecule has 0 aliphatic carbocycles. The van der Waals surface area contributed by atoms with Gasteiger partial charge in [0, 0.05) is 19.2 Å². The number of benzene rings is 1. The van der Waals surface area contributed by atoms with Gasteiger partial charge in [0.25, 0.3) is 5.69 Å². The monoisotopic (exact) mass is 316 g/mol. The molecule has 1 aromatic carbocycles. The molecule has 4 nitrogen and oxygen atoms in total. The maximum atomic E-state index is 12.9. The van der Waals surface area contributed by atoms with Gasteiger partial charge >= 0.3 is 6.18 Å². The van der Waals surface area contributed by atoms with Crippen LogP contribution in [0.5, 0.6) is 0 Å². The Kier molecular flexibility index (Phi) is 4.35. The van der Waals surface area contributed by atoms with Crippen molar-refractivity contribution in [1.82, 2.24) is 0 Å². The van der Waals surface area contributed by atoms with Crippen LogP contribution in [-0.4, -0.2) is 18.0 Å². The minimum Gasteiger partial charge on any atom is -0.365 e. The van der Waals surface area contributed by atoms with E-state index >= 15 is 0 Å². The molecule has 0 N–H and O–H groups in total. The topological polar surface area (TPSA) is 46.4 Å². The van der Waals surface area contributed by atoms with Gasteiger partial charge in [0.15, 0.2) is 0 Å². The van der Waals surface area contributed by atoms with Crippen LogP contribution in [0.15, 0.2) is 12.1 Å². The molecule has 0 radical (unpaired) electrons. The SMILES string of the molecule is Cc1cc(C(F)(F)F)cc([N+](=O)[O-])c1N1CC(C)CC(C)C1. The molecular weight excluding hydrogens is 297 g/mol. The van der Waals surface area contributed by atoms with Gasteiger partial charge in [-0.25, -0.2) is 0 Å². The van der Waals surface area contributed by atoms with E-state index in [0.29, 0.717) is 42.2 Å². The van der Waals surface area contributed by atoms with E-state index in [1.54, 1.807) is 0 Å². The second-order valence-electron chi connectivity index (χ2n) is 6.27. The van der Waals surface area contributed by atoms with E-state index in [-0.39, 0.29) is 0 Å². The largest absolute Gasteiger partial charge is 0.416 e. The van der Waals surface area contributed by atoms with E-state index in [4.69, 9.17) is 0 Å². The molecule has 2 atom stereocenters. The van der Waals surface area contributed by atoms with Crippen molar-refractivity contribution in [2.45, 2.75) is 33.4 Å². The molecule has 1 aromatic rings. The lowest BCUT2D eigenvalue weighted by molar-refractivity contribution is -0.384. The van der Waals surface area contributed by atoms with Crippen LogP contribution in [0.1, 0.15) is 31.4 Å². The standard InChI is InChI=1S/C15H19F3N2O2/c1-9-4-10(2)8-19(7-9)14-11(3)5-12(15(16,17)18)6-13(14)20(21)22/h5-6,9-10H,4,7-8H2,1-3H3. The second kappa shape index (κ2) is 5.78. The Bertz CT molecular complexity index is 577. The summed E-state index contributed by atoms with van der Waals surface area (Å²) in [5.74, 6) is 0.704. The molecule has 0 bridgehead atoms. The summed E-state index contributed by atoms with van der Waals surface area (Å²) in [7, 11) is 0. The van der Waals surface area contributed by atoms with Gasteiger partial charge in [-0.05, 0) is 36.8 Å². The first-order chi connectivity index (χ1) is 10.1. The van der Waals surface area contributed by atoms with Crippen molar-refractivity contribution in [2.24, 2.45) is 11.8 Å². The lowest BCUT2D eigenvalue weighted by Gasteiger charge is -2.37. The first-order valence-corrected chi connectivity index (χ1v) is 7.20. The lowest BCUT2D eigenvalue weighted by atomic mass is 9.90. The number of aryl methyl sites for hydroxylation is 1. The highest BCUT2D eigenvalue weighted by Gasteiger charge is 2.36. The van der Waals surface area contributed by atoms with Crippen LogP contribution in [0.3, 0.4) is 0 Å². The molecule has 1 heterocycles. The first kappa shape index (κ1) is 16.6. The number of rotatable bonds is 2. The molecule has 1 saturated heterocycles. The normalized spacial score (nSPS) is 22.7. The summed E-state index contributed by atoms with van der Waals surface area (Å²) in [6.45, 7) is 6.85. The summed E-state index contributed by atoms with van der Waals surface area (Å²) in [6.07, 6.45) is -3.57. The van der Waals surface area contributed by atoms with Gasteiger partial charge < -0.3 is 4.90 Å². The zero-order valence-corrected chi connectivity index (χ0v) is 12.8. The first-order valence-electron chi connectivity index (χ1n) is 7.20. The fraction of sp³-hybridized carbons (Fsp3) is 0.600. The molecule has 2 rings (SSSR count). The smallest absolute Gasteiger partial charge is 0.365 e. The number of nitro benzene ring substituents is 1. The summed E-state index contributed by atoms with van der Waals surface area (Å²) in [5.41, 5.74) is -0.827. The number of nitro groups is 1. The van der Waals surface area contributed by atoms with E-state index in [9.17, 15) is 23.3 Å². The van der Waals surface area contributed by atoms with Crippen molar-refractivity contribution in [3.8, 4) is 0 Å². The minimum atomic E-state index is -4.59. The van der Waals surface area contributed by atoms with Crippen LogP contribution in [0.4, 0.5) is 24.5 Å². The maximum Gasteiger partial charge on any atom is 0.416 e. The Hall–Kier alpha value is -1.79. The fourth-order valence-corrected chi connectivity index (χ4v) is 3.32. The van der Waals surface area contributed by atoms with Crippen molar-refractivity contribution in [1.29, 1.82) is 0 Å². The van der Waals surface area contributed by atoms with Gasteiger partial charge in [-0.15, -0.1) is 0 Å². The summed E-state index contributed by atoms with van der Waals surface area (Å²) in [5, 5.41) is 11.3. The summed E-state index contributed by atoms with van der Waals surface area (Å²) >= 11 is 0. The number of hydrogen-bond acceptors (Lipinski definition) is 3. The Morgan fingerprint density at radius 3 is 2.23 bits per heavy atom. The maximum absolute atomic E-state index is 12.9. The van der Waals surface area contributed by atoms with Crippen LogP contribution in [0.2, 0.25) is 0 Å². The van der Waals surface area contributed by atoms with Gasteiger partial charge in [0.1, 0.15) is 5.69 Å². The molecule has 2 unspecified atom stereocenters. The van der Waals surface area contributed by atoms with Crippen LogP contribution < -0.4 is 4.90 Å². The van der Waals surface area contributed by atoms with Gasteiger partial charge in [0.2, 0.25) is 0 Å². The van der Waals surface area contributed by atoms with Gasteiger partial charge in [-0.3, -0.25) is 10.1 Å². The van der Waals surface area contributed by atoms with E-state index in [1.807, 2.05) is 18.7 Å². The fourth-order valence-electron chi connectivity index (χ4n) is 3.32. The van der Waals surface area contributed by atoms with E-state index in [0.717, 1.165) is 12.5 Å². The zero-order chi connectivity index (χ0) is 16.7. The van der Waals surface area contributed by atoms with E-state index in [1.165, 1.54) is 6.92 Å². The van der Waals surface area contributed by atoms with Crippen molar-refractivity contribution in [3.05, 3.63) is 33.4 Å². The van der Waals surface area contributed by atoms with Crippen molar-refractivity contribution in [3.63, 3.8) is 0 Å². The molecule has 1 aliphatic heterocycles. The molecule has 7 heteroatoms. The molecule has 0 aromatic heterocycles. The molecule has 0 spiro atoms. The van der Waals surface area contributed by atoms with Crippen molar-refractivity contribution < 1.29 is 18.1 Å². The molecule has 1 fully saturated rings.